The molecule has 0 saturated carbocycles. The Labute approximate surface area is 157 Å². The molecule has 0 unspecified atom stereocenters. The summed E-state index contributed by atoms with van der Waals surface area (Å²) in [6.07, 6.45) is 3.00. The Hall–Kier alpha value is -2.34. The number of nitrogens with one attached hydrogen (secondary N) is 1. The van der Waals surface area contributed by atoms with Crippen molar-refractivity contribution in [2.45, 2.75) is 39.5 Å². The van der Waals surface area contributed by atoms with E-state index in [9.17, 15) is 14.7 Å². The van der Waals surface area contributed by atoms with Crippen LogP contribution in [0.5, 0.6) is 0 Å². The molecule has 7 heteroatoms. The topological polar surface area (TPSA) is 92.4 Å². The van der Waals surface area contributed by atoms with Gasteiger partial charge in [0.2, 0.25) is 5.91 Å². The van der Waals surface area contributed by atoms with Crippen molar-refractivity contribution in [1.82, 2.24) is 10.3 Å². The lowest BCUT2D eigenvalue weighted by Crippen LogP contribution is -2.42. The van der Waals surface area contributed by atoms with Gasteiger partial charge in [0.25, 0.3) is 0 Å². The minimum atomic E-state index is -0.921. The minimum absolute atomic E-state index is 0.116. The van der Waals surface area contributed by atoms with E-state index in [1.807, 2.05) is 32.0 Å². The zero-order valence-corrected chi connectivity index (χ0v) is 15.7. The molecule has 6 nitrogen and oxygen atoms in total. The molecule has 0 spiro atoms. The molecule has 2 N–H and O–H groups in total. The number of halogens is 1. The summed E-state index contributed by atoms with van der Waals surface area (Å²) < 4.78 is 5.66. The smallest absolute Gasteiger partial charge is 0.311 e. The number of aromatic nitrogens is 1. The Balaban J connectivity index is 1.90. The Morgan fingerprint density at radius 2 is 1.96 bits per heavy atom. The van der Waals surface area contributed by atoms with Crippen molar-refractivity contribution in [3.8, 4) is 11.3 Å². The van der Waals surface area contributed by atoms with Gasteiger partial charge in [-0.25, -0.2) is 4.98 Å². The molecule has 26 heavy (non-hydrogen) atoms. The summed E-state index contributed by atoms with van der Waals surface area (Å²) in [6.45, 7) is 3.74. The average molecular weight is 379 g/mol. The van der Waals surface area contributed by atoms with Crippen LogP contribution < -0.4 is 5.32 Å². The number of amides is 1. The highest BCUT2D eigenvalue weighted by atomic mass is 35.5. The lowest BCUT2D eigenvalue weighted by atomic mass is 9.82. The predicted molar refractivity (Wildman–Crippen MR) is 98.9 cm³/mol. The van der Waals surface area contributed by atoms with Crippen LogP contribution in [0.2, 0.25) is 5.02 Å². The Morgan fingerprint density at radius 1 is 1.27 bits per heavy atom. The summed E-state index contributed by atoms with van der Waals surface area (Å²) in [7, 11) is 0. The highest BCUT2D eigenvalue weighted by molar-refractivity contribution is 6.33. The van der Waals surface area contributed by atoms with Crippen LogP contribution in [-0.2, 0) is 16.0 Å². The highest BCUT2D eigenvalue weighted by Crippen LogP contribution is 2.28. The van der Waals surface area contributed by atoms with Crippen molar-refractivity contribution >= 4 is 23.5 Å². The molecule has 1 aromatic heterocycles. The van der Waals surface area contributed by atoms with Crippen LogP contribution in [0.1, 0.15) is 39.0 Å². The fourth-order valence-corrected chi connectivity index (χ4v) is 2.89. The van der Waals surface area contributed by atoms with Crippen LogP contribution in [0.4, 0.5) is 0 Å². The monoisotopic (exact) mass is 378 g/mol. The first-order valence-electron chi connectivity index (χ1n) is 8.61. The molecular formula is C19H23ClN2O4. The van der Waals surface area contributed by atoms with Crippen molar-refractivity contribution < 1.29 is 19.1 Å². The van der Waals surface area contributed by atoms with E-state index in [4.69, 9.17) is 16.0 Å². The van der Waals surface area contributed by atoms with E-state index in [1.165, 1.54) is 0 Å². The van der Waals surface area contributed by atoms with Crippen LogP contribution in [0.25, 0.3) is 11.3 Å². The van der Waals surface area contributed by atoms with Gasteiger partial charge in [-0.15, -0.1) is 0 Å². The standard InChI is InChI=1S/C19H23ClN2O4/c1-3-19(4-2,18(24)25)12-22-16(23)9-10-17-21-11-15(26-17)13-7-5-6-8-14(13)20/h5-8,11H,3-4,9-10,12H2,1-2H3,(H,22,23)(H,24,25). The number of carbonyl (C=O) groups is 2. The molecule has 2 aromatic rings. The van der Waals surface area contributed by atoms with Crippen molar-refractivity contribution in [3.63, 3.8) is 0 Å². The SMILES string of the molecule is CCC(CC)(CNC(=O)CCc1ncc(-c2ccccc2Cl)o1)C(=O)O. The van der Waals surface area contributed by atoms with Gasteiger partial charge in [0, 0.05) is 24.9 Å². The summed E-state index contributed by atoms with van der Waals surface area (Å²) in [5.74, 6) is -0.131. The van der Waals surface area contributed by atoms with E-state index in [-0.39, 0.29) is 18.9 Å². The molecule has 0 aliphatic heterocycles. The van der Waals surface area contributed by atoms with E-state index < -0.39 is 11.4 Å². The van der Waals surface area contributed by atoms with Crippen molar-refractivity contribution in [2.75, 3.05) is 6.54 Å². The average Bonchev–Trinajstić information content (AvgIpc) is 3.10. The van der Waals surface area contributed by atoms with E-state index in [1.54, 1.807) is 12.3 Å². The molecular weight excluding hydrogens is 356 g/mol. The minimum Gasteiger partial charge on any atom is -0.481 e. The molecule has 140 valence electrons. The van der Waals surface area contributed by atoms with Gasteiger partial charge in [0.1, 0.15) is 0 Å². The number of aryl methyl sites for hydroxylation is 1. The number of aliphatic carboxylic acids is 1. The maximum Gasteiger partial charge on any atom is 0.311 e. The largest absolute Gasteiger partial charge is 0.481 e. The molecule has 0 radical (unpaired) electrons. The van der Waals surface area contributed by atoms with Crippen LogP contribution in [0.15, 0.2) is 34.9 Å². The molecule has 0 aliphatic carbocycles. The Bertz CT molecular complexity index is 768. The highest BCUT2D eigenvalue weighted by Gasteiger charge is 2.35. The second kappa shape index (κ2) is 8.85. The van der Waals surface area contributed by atoms with E-state index in [0.717, 1.165) is 5.56 Å². The molecule has 0 fully saturated rings. The number of hydrogen-bond acceptors (Lipinski definition) is 4. The second-order valence-corrected chi connectivity index (χ2v) is 6.57. The lowest BCUT2D eigenvalue weighted by Gasteiger charge is -2.26. The van der Waals surface area contributed by atoms with Gasteiger partial charge in [0.05, 0.1) is 16.6 Å². The summed E-state index contributed by atoms with van der Waals surface area (Å²) in [5, 5.41) is 12.7. The number of hydrogen-bond donors (Lipinski definition) is 2. The maximum absolute atomic E-state index is 12.1. The molecule has 1 heterocycles. The first-order valence-corrected chi connectivity index (χ1v) is 8.99. The molecule has 2 rings (SSSR count). The first-order chi connectivity index (χ1) is 12.4. The van der Waals surface area contributed by atoms with Crippen molar-refractivity contribution in [2.24, 2.45) is 5.41 Å². The summed E-state index contributed by atoms with van der Waals surface area (Å²) >= 11 is 6.13. The molecule has 0 bridgehead atoms. The third kappa shape index (κ3) is 4.64. The number of carbonyl (C=O) groups excluding carboxylic acids is 1. The normalized spacial score (nSPS) is 11.3. The van der Waals surface area contributed by atoms with Gasteiger partial charge in [-0.1, -0.05) is 37.6 Å². The fraction of sp³-hybridized carbons (Fsp3) is 0.421. The van der Waals surface area contributed by atoms with E-state index >= 15 is 0 Å². The number of carboxylic acids is 1. The van der Waals surface area contributed by atoms with Gasteiger partial charge >= 0.3 is 5.97 Å². The van der Waals surface area contributed by atoms with Gasteiger partial charge < -0.3 is 14.8 Å². The third-order valence-corrected chi connectivity index (χ3v) is 5.02. The summed E-state index contributed by atoms with van der Waals surface area (Å²) in [6, 6.07) is 7.28. The Kier molecular flexibility index (Phi) is 6.80. The number of nitrogens with zero attached hydrogens (tertiary/aromatic N) is 1. The van der Waals surface area contributed by atoms with Crippen molar-refractivity contribution in [3.05, 3.63) is 41.4 Å². The Morgan fingerprint density at radius 3 is 2.58 bits per heavy atom. The summed E-state index contributed by atoms with van der Waals surface area (Å²) in [5.41, 5.74) is -0.176. The molecule has 0 atom stereocenters. The molecule has 0 saturated heterocycles. The zero-order valence-electron chi connectivity index (χ0n) is 14.9. The fourth-order valence-electron chi connectivity index (χ4n) is 2.67. The van der Waals surface area contributed by atoms with Gasteiger partial charge in [-0.2, -0.15) is 0 Å². The van der Waals surface area contributed by atoms with Gasteiger partial charge in [-0.3, -0.25) is 9.59 Å². The molecule has 1 aromatic carbocycles. The zero-order chi connectivity index (χ0) is 19.2. The lowest BCUT2D eigenvalue weighted by molar-refractivity contribution is -0.149. The quantitative estimate of drug-likeness (QED) is 0.689. The van der Waals surface area contributed by atoms with Crippen molar-refractivity contribution in [1.29, 1.82) is 0 Å². The van der Waals surface area contributed by atoms with E-state index in [2.05, 4.69) is 10.3 Å². The first kappa shape index (κ1) is 20.0. The van der Waals surface area contributed by atoms with Crippen LogP contribution >= 0.6 is 11.6 Å². The molecule has 0 aliphatic rings. The van der Waals surface area contributed by atoms with Crippen LogP contribution in [-0.4, -0.2) is 28.5 Å². The van der Waals surface area contributed by atoms with E-state index in [0.29, 0.717) is 35.9 Å². The maximum atomic E-state index is 12.1. The number of benzene rings is 1. The second-order valence-electron chi connectivity index (χ2n) is 6.17. The van der Waals surface area contributed by atoms with Crippen LogP contribution in [0.3, 0.4) is 0 Å². The summed E-state index contributed by atoms with van der Waals surface area (Å²) in [4.78, 5) is 27.7. The van der Waals surface area contributed by atoms with Gasteiger partial charge in [0.15, 0.2) is 11.7 Å². The predicted octanol–water partition coefficient (Wildman–Crippen LogP) is 3.93. The number of carboxylic acid groups (broad SMARTS) is 1. The number of oxazole rings is 1. The number of rotatable bonds is 9. The van der Waals surface area contributed by atoms with Gasteiger partial charge in [-0.05, 0) is 25.0 Å². The molecule has 1 amide bonds. The van der Waals surface area contributed by atoms with Crippen LogP contribution in [0, 0.1) is 5.41 Å². The third-order valence-electron chi connectivity index (χ3n) is 4.69.